The molecule has 1 atom stereocenters. The third kappa shape index (κ3) is 1.77. The Balaban J connectivity index is 1.97. The molecular formula is C14H15NO4. The number of rotatable bonds is 2. The third-order valence-electron chi connectivity index (χ3n) is 3.79. The first-order valence-corrected chi connectivity index (χ1v) is 6.27. The fourth-order valence-corrected chi connectivity index (χ4v) is 2.43. The second-order valence-corrected chi connectivity index (χ2v) is 5.03. The molecule has 0 aromatic heterocycles. The second-order valence-electron chi connectivity index (χ2n) is 5.03. The van der Waals surface area contributed by atoms with Crippen molar-refractivity contribution in [1.29, 1.82) is 0 Å². The Hall–Kier alpha value is -2.04. The zero-order chi connectivity index (χ0) is 13.6. The lowest BCUT2D eigenvalue weighted by molar-refractivity contribution is -0.143. The molecule has 1 aromatic carbocycles. The zero-order valence-corrected chi connectivity index (χ0v) is 10.9. The van der Waals surface area contributed by atoms with Crippen LogP contribution in [-0.2, 0) is 19.7 Å². The van der Waals surface area contributed by atoms with Crippen molar-refractivity contribution in [2.24, 2.45) is 0 Å². The van der Waals surface area contributed by atoms with E-state index in [2.05, 4.69) is 5.32 Å². The van der Waals surface area contributed by atoms with Crippen LogP contribution in [0.5, 0.6) is 5.75 Å². The number of benzene rings is 1. The lowest BCUT2D eigenvalue weighted by atomic mass is 9.95. The molecule has 1 heterocycles. The standard InChI is InChI=1S/C14H15NO4/c1-8-12(16)15-10-4-3-9(7-11(10)19-8)14(5-6-14)13(17)18-2/h3-4,7-8H,5-6H2,1-2H3,(H,15,16). The summed E-state index contributed by atoms with van der Waals surface area (Å²) >= 11 is 0. The fourth-order valence-electron chi connectivity index (χ4n) is 2.43. The molecular weight excluding hydrogens is 246 g/mol. The monoisotopic (exact) mass is 261 g/mol. The average Bonchev–Trinajstić information content (AvgIpc) is 3.20. The van der Waals surface area contributed by atoms with Gasteiger partial charge in [-0.3, -0.25) is 9.59 Å². The van der Waals surface area contributed by atoms with Crippen LogP contribution in [0.2, 0.25) is 0 Å². The average molecular weight is 261 g/mol. The van der Waals surface area contributed by atoms with E-state index in [9.17, 15) is 9.59 Å². The van der Waals surface area contributed by atoms with Crippen molar-refractivity contribution in [3.05, 3.63) is 23.8 Å². The van der Waals surface area contributed by atoms with Crippen molar-refractivity contribution in [2.45, 2.75) is 31.3 Å². The normalized spacial score (nSPS) is 22.8. The Bertz CT molecular complexity index is 563. The van der Waals surface area contributed by atoms with Crippen LogP contribution in [0.3, 0.4) is 0 Å². The summed E-state index contributed by atoms with van der Waals surface area (Å²) in [5.41, 5.74) is 1.02. The SMILES string of the molecule is COC(=O)C1(c2ccc3c(c2)OC(C)C(=O)N3)CC1. The van der Waals surface area contributed by atoms with Crippen molar-refractivity contribution in [2.75, 3.05) is 12.4 Å². The number of carbonyl (C=O) groups is 2. The van der Waals surface area contributed by atoms with Crippen molar-refractivity contribution in [1.82, 2.24) is 0 Å². The molecule has 1 aliphatic carbocycles. The number of hydrogen-bond donors (Lipinski definition) is 1. The van der Waals surface area contributed by atoms with Crippen LogP contribution in [0.1, 0.15) is 25.3 Å². The number of carbonyl (C=O) groups excluding carboxylic acids is 2. The van der Waals surface area contributed by atoms with Crippen molar-refractivity contribution in [3.8, 4) is 5.75 Å². The number of methoxy groups -OCH3 is 1. The van der Waals surface area contributed by atoms with Gasteiger partial charge in [0.15, 0.2) is 6.10 Å². The maximum Gasteiger partial charge on any atom is 0.316 e. The molecule has 1 N–H and O–H groups in total. The number of amides is 1. The maximum absolute atomic E-state index is 11.8. The Morgan fingerprint density at radius 2 is 2.21 bits per heavy atom. The number of hydrogen-bond acceptors (Lipinski definition) is 4. The van der Waals surface area contributed by atoms with Crippen molar-refractivity contribution in [3.63, 3.8) is 0 Å². The zero-order valence-electron chi connectivity index (χ0n) is 10.9. The summed E-state index contributed by atoms with van der Waals surface area (Å²) in [5, 5.41) is 2.77. The lowest BCUT2D eigenvalue weighted by Crippen LogP contribution is -2.34. The molecule has 1 fully saturated rings. The molecule has 5 nitrogen and oxygen atoms in total. The largest absolute Gasteiger partial charge is 0.479 e. The van der Waals surface area contributed by atoms with E-state index in [1.807, 2.05) is 12.1 Å². The molecule has 1 unspecified atom stereocenters. The van der Waals surface area contributed by atoms with E-state index in [4.69, 9.17) is 9.47 Å². The van der Waals surface area contributed by atoms with Crippen LogP contribution in [0.25, 0.3) is 0 Å². The van der Waals surface area contributed by atoms with Crippen LogP contribution in [0.15, 0.2) is 18.2 Å². The number of esters is 1. The quantitative estimate of drug-likeness (QED) is 0.821. The van der Waals surface area contributed by atoms with Crippen molar-refractivity contribution < 1.29 is 19.1 Å². The number of anilines is 1. The first kappa shape index (κ1) is 12.0. The summed E-state index contributed by atoms with van der Waals surface area (Å²) in [4.78, 5) is 23.3. The highest BCUT2D eigenvalue weighted by Gasteiger charge is 2.52. The van der Waals surface area contributed by atoms with Gasteiger partial charge in [0.25, 0.3) is 5.91 Å². The van der Waals surface area contributed by atoms with Gasteiger partial charge in [-0.1, -0.05) is 6.07 Å². The maximum atomic E-state index is 11.8. The summed E-state index contributed by atoms with van der Waals surface area (Å²) < 4.78 is 10.4. The fraction of sp³-hybridized carbons (Fsp3) is 0.429. The number of ether oxygens (including phenoxy) is 2. The molecule has 5 heteroatoms. The van der Waals surface area contributed by atoms with Gasteiger partial charge in [-0.15, -0.1) is 0 Å². The van der Waals surface area contributed by atoms with Gasteiger partial charge in [-0.05, 0) is 37.5 Å². The summed E-state index contributed by atoms with van der Waals surface area (Å²) in [5.74, 6) is 0.245. The molecule has 1 amide bonds. The minimum atomic E-state index is -0.518. The van der Waals surface area contributed by atoms with Crippen LogP contribution < -0.4 is 10.1 Å². The number of nitrogens with one attached hydrogen (secondary N) is 1. The van der Waals surface area contributed by atoms with Crippen LogP contribution in [0.4, 0.5) is 5.69 Å². The molecule has 0 saturated heterocycles. The van der Waals surface area contributed by atoms with E-state index in [1.54, 1.807) is 13.0 Å². The lowest BCUT2D eigenvalue weighted by Gasteiger charge is -2.24. The van der Waals surface area contributed by atoms with Gasteiger partial charge < -0.3 is 14.8 Å². The molecule has 1 saturated carbocycles. The van der Waals surface area contributed by atoms with E-state index in [0.29, 0.717) is 11.4 Å². The summed E-state index contributed by atoms with van der Waals surface area (Å²) in [7, 11) is 1.40. The van der Waals surface area contributed by atoms with Gasteiger partial charge in [0.2, 0.25) is 0 Å². The van der Waals surface area contributed by atoms with Gasteiger partial charge in [-0.25, -0.2) is 0 Å². The molecule has 1 aromatic rings. The van der Waals surface area contributed by atoms with E-state index in [-0.39, 0.29) is 11.9 Å². The molecule has 100 valence electrons. The molecule has 19 heavy (non-hydrogen) atoms. The van der Waals surface area contributed by atoms with E-state index < -0.39 is 11.5 Å². The predicted molar refractivity (Wildman–Crippen MR) is 68.1 cm³/mol. The highest BCUT2D eigenvalue weighted by Crippen LogP contribution is 2.50. The van der Waals surface area contributed by atoms with Gasteiger partial charge in [0, 0.05) is 0 Å². The molecule has 2 aliphatic rings. The highest BCUT2D eigenvalue weighted by atomic mass is 16.5. The highest BCUT2D eigenvalue weighted by molar-refractivity contribution is 5.97. The van der Waals surface area contributed by atoms with E-state index >= 15 is 0 Å². The molecule has 3 rings (SSSR count). The van der Waals surface area contributed by atoms with Crippen LogP contribution in [-0.4, -0.2) is 25.1 Å². The minimum absolute atomic E-state index is 0.158. The van der Waals surface area contributed by atoms with Crippen LogP contribution in [0, 0.1) is 0 Å². The van der Waals surface area contributed by atoms with Gasteiger partial charge in [0.1, 0.15) is 5.75 Å². The van der Waals surface area contributed by atoms with Gasteiger partial charge in [-0.2, -0.15) is 0 Å². The predicted octanol–water partition coefficient (Wildman–Crippen LogP) is 1.61. The van der Waals surface area contributed by atoms with E-state index in [1.165, 1.54) is 7.11 Å². The first-order valence-electron chi connectivity index (χ1n) is 6.27. The van der Waals surface area contributed by atoms with E-state index in [0.717, 1.165) is 18.4 Å². The smallest absolute Gasteiger partial charge is 0.316 e. The minimum Gasteiger partial charge on any atom is -0.479 e. The topological polar surface area (TPSA) is 64.6 Å². The van der Waals surface area contributed by atoms with Crippen LogP contribution >= 0.6 is 0 Å². The molecule has 0 spiro atoms. The number of fused-ring (bicyclic) bond motifs is 1. The Kier molecular flexibility index (Phi) is 2.52. The summed E-state index contributed by atoms with van der Waals surface area (Å²) in [6, 6.07) is 5.45. The third-order valence-corrected chi connectivity index (χ3v) is 3.79. The molecule has 0 radical (unpaired) electrons. The second kappa shape index (κ2) is 3.98. The Morgan fingerprint density at radius 1 is 1.47 bits per heavy atom. The molecule has 0 bridgehead atoms. The summed E-state index contributed by atoms with van der Waals surface area (Å²) in [6.45, 7) is 1.69. The Labute approximate surface area is 110 Å². The molecule has 1 aliphatic heterocycles. The van der Waals surface area contributed by atoms with Gasteiger partial charge in [0.05, 0.1) is 18.2 Å². The first-order chi connectivity index (χ1) is 9.06. The van der Waals surface area contributed by atoms with Gasteiger partial charge >= 0.3 is 5.97 Å². The Morgan fingerprint density at radius 3 is 2.84 bits per heavy atom. The summed E-state index contributed by atoms with van der Waals surface area (Å²) in [6.07, 6.45) is 1.07. The van der Waals surface area contributed by atoms with Crippen molar-refractivity contribution >= 4 is 17.6 Å².